The van der Waals surface area contributed by atoms with Gasteiger partial charge in [-0.25, -0.2) is 0 Å². The molecule has 0 aliphatic heterocycles. The second kappa shape index (κ2) is 16.1. The first-order valence-electron chi connectivity index (χ1n) is 11.5. The second-order valence-corrected chi connectivity index (χ2v) is 7.82. The molecule has 0 aromatic rings. The molecule has 0 radical (unpaired) electrons. The summed E-state index contributed by atoms with van der Waals surface area (Å²) < 4.78 is 0. The van der Waals surface area contributed by atoms with Gasteiger partial charge in [0.15, 0.2) is 0 Å². The van der Waals surface area contributed by atoms with E-state index in [0.717, 1.165) is 43.5 Å². The van der Waals surface area contributed by atoms with E-state index in [0.29, 0.717) is 18.9 Å². The fourth-order valence-corrected chi connectivity index (χ4v) is 3.36. The van der Waals surface area contributed by atoms with Crippen molar-refractivity contribution in [1.82, 2.24) is 5.32 Å². The Morgan fingerprint density at radius 3 is 2.78 bits per heavy atom. The highest BCUT2D eigenvalue weighted by Gasteiger charge is 2.21. The first kappa shape index (κ1) is 25.7. The first-order chi connectivity index (χ1) is 15.7. The van der Waals surface area contributed by atoms with Gasteiger partial charge in [-0.15, -0.1) is 0 Å². The predicted molar refractivity (Wildman–Crippen MR) is 136 cm³/mol. The Bertz CT molecular complexity index is 800. The molecule has 0 aromatic carbocycles. The van der Waals surface area contributed by atoms with Gasteiger partial charge in [0.2, 0.25) is 0 Å². The number of hydrogen-bond donors (Lipinski definition) is 3. The van der Waals surface area contributed by atoms with Gasteiger partial charge in [0.25, 0.3) is 0 Å². The zero-order valence-electron chi connectivity index (χ0n) is 18.9. The number of nitrogens with zero attached hydrogens (tertiary/aromatic N) is 2. The summed E-state index contributed by atoms with van der Waals surface area (Å²) in [4.78, 5) is 9.40. The Morgan fingerprint density at radius 2 is 2.00 bits per heavy atom. The second-order valence-electron chi connectivity index (χ2n) is 7.82. The van der Waals surface area contributed by atoms with Crippen LogP contribution in [0.1, 0.15) is 38.5 Å². The van der Waals surface area contributed by atoms with E-state index in [-0.39, 0.29) is 12.5 Å². The number of aliphatic imine (C=N–C) groups is 2. The number of nitrogens with one attached hydrogen (secondary N) is 1. The summed E-state index contributed by atoms with van der Waals surface area (Å²) in [6, 6.07) is 0. The highest BCUT2D eigenvalue weighted by atomic mass is 16.3. The third-order valence-electron chi connectivity index (χ3n) is 5.20. The van der Waals surface area contributed by atoms with Crippen LogP contribution >= 0.6 is 0 Å². The van der Waals surface area contributed by atoms with Crippen molar-refractivity contribution in [1.29, 1.82) is 0 Å². The third-order valence-corrected chi connectivity index (χ3v) is 5.20. The molecule has 2 aliphatic rings. The maximum atomic E-state index is 10.6. The summed E-state index contributed by atoms with van der Waals surface area (Å²) in [5.74, 6) is 0.238. The minimum Gasteiger partial charge on any atom is -0.396 e. The van der Waals surface area contributed by atoms with Crippen molar-refractivity contribution in [2.45, 2.75) is 44.8 Å². The van der Waals surface area contributed by atoms with Gasteiger partial charge in [-0.05, 0) is 38.2 Å². The van der Waals surface area contributed by atoms with E-state index < -0.39 is 6.23 Å². The summed E-state index contributed by atoms with van der Waals surface area (Å²) in [6.45, 7) is 4.45. The van der Waals surface area contributed by atoms with Crippen LogP contribution in [-0.2, 0) is 0 Å². The van der Waals surface area contributed by atoms with E-state index in [1.54, 1.807) is 6.08 Å². The number of unbranched alkanes of at least 4 members (excludes halogenated alkanes) is 3. The standard InChI is InChI=1S/C27H37N3O2/c1-2-3-4-5-12-19-29-27(32)24-16-17-25(30-22-23-14-9-8-10-15-23)26(21-24)28-18-11-6-7-13-20-31/h2-5,8-10,12,14,17-18,21-24,27,29,31-32H,1,6-7,11,13,15-16,19-20H2/b4-3-,12-5+,28-18?,30-22?. The van der Waals surface area contributed by atoms with Crippen molar-refractivity contribution in [2.24, 2.45) is 21.8 Å². The summed E-state index contributed by atoms with van der Waals surface area (Å²) in [5.41, 5.74) is 1.66. The van der Waals surface area contributed by atoms with Gasteiger partial charge in [0.05, 0.1) is 11.4 Å². The lowest BCUT2D eigenvalue weighted by atomic mass is 9.95. The van der Waals surface area contributed by atoms with Crippen molar-refractivity contribution in [3.63, 3.8) is 0 Å². The molecule has 0 amide bonds. The number of hydrogen-bond acceptors (Lipinski definition) is 5. The van der Waals surface area contributed by atoms with Gasteiger partial charge in [-0.2, -0.15) is 0 Å². The van der Waals surface area contributed by atoms with Gasteiger partial charge < -0.3 is 10.2 Å². The van der Waals surface area contributed by atoms with Crippen LogP contribution in [0.2, 0.25) is 0 Å². The normalized spacial score (nSPS) is 22.3. The fraction of sp³-hybridized carbons (Fsp3) is 0.407. The van der Waals surface area contributed by atoms with Crippen molar-refractivity contribution < 1.29 is 10.2 Å². The quantitative estimate of drug-likeness (QED) is 0.159. The van der Waals surface area contributed by atoms with Crippen LogP contribution in [0.3, 0.4) is 0 Å². The van der Waals surface area contributed by atoms with E-state index in [2.05, 4.69) is 47.3 Å². The van der Waals surface area contributed by atoms with Gasteiger partial charge in [0, 0.05) is 37.4 Å². The van der Waals surface area contributed by atoms with Crippen LogP contribution in [0.25, 0.3) is 0 Å². The molecule has 0 bridgehead atoms. The van der Waals surface area contributed by atoms with Crippen molar-refractivity contribution >= 4 is 12.4 Å². The topological polar surface area (TPSA) is 77.2 Å². The molecule has 5 nitrogen and oxygen atoms in total. The van der Waals surface area contributed by atoms with Crippen LogP contribution in [0, 0.1) is 11.8 Å². The van der Waals surface area contributed by atoms with E-state index >= 15 is 0 Å². The zero-order chi connectivity index (χ0) is 22.9. The Kier molecular flexibility index (Phi) is 12.9. The number of rotatable bonds is 14. The largest absolute Gasteiger partial charge is 0.396 e. The third kappa shape index (κ3) is 10.1. The molecule has 0 fully saturated rings. The molecule has 2 aliphatic carbocycles. The summed E-state index contributed by atoms with van der Waals surface area (Å²) >= 11 is 0. The van der Waals surface area contributed by atoms with Crippen LogP contribution in [0.15, 0.2) is 94.8 Å². The number of aliphatic hydroxyl groups is 2. The van der Waals surface area contributed by atoms with Crippen molar-refractivity contribution in [3.05, 3.63) is 84.8 Å². The lowest BCUT2D eigenvalue weighted by molar-refractivity contribution is 0.0989. The van der Waals surface area contributed by atoms with Crippen LogP contribution in [0.4, 0.5) is 0 Å². The maximum absolute atomic E-state index is 10.6. The smallest absolute Gasteiger partial charge is 0.111 e. The minimum atomic E-state index is -0.661. The Labute approximate surface area is 192 Å². The molecule has 0 heterocycles. The Morgan fingerprint density at radius 1 is 1.09 bits per heavy atom. The molecular formula is C27H37N3O2. The Balaban J connectivity index is 1.99. The monoisotopic (exact) mass is 435 g/mol. The SMILES string of the molecule is C=C/C=C\C=C\CNC(O)C1C=C(N=CCCCCCO)C(N=CC2C=CC=CC2)=CC1. The van der Waals surface area contributed by atoms with Crippen molar-refractivity contribution in [3.8, 4) is 0 Å². The summed E-state index contributed by atoms with van der Waals surface area (Å²) in [7, 11) is 0. The molecule has 3 atom stereocenters. The average molecular weight is 436 g/mol. The molecule has 0 aromatic heterocycles. The Hall–Kier alpha value is -2.60. The molecule has 0 saturated carbocycles. The fourth-order valence-electron chi connectivity index (χ4n) is 3.36. The highest BCUT2D eigenvalue weighted by Crippen LogP contribution is 2.27. The van der Waals surface area contributed by atoms with E-state index in [1.165, 1.54) is 0 Å². The molecule has 0 spiro atoms. The van der Waals surface area contributed by atoms with Crippen molar-refractivity contribution in [2.75, 3.05) is 13.2 Å². The molecule has 3 N–H and O–H groups in total. The molecule has 2 rings (SSSR count). The van der Waals surface area contributed by atoms with E-state index in [9.17, 15) is 5.11 Å². The van der Waals surface area contributed by atoms with Crippen LogP contribution in [-0.4, -0.2) is 42.0 Å². The summed E-state index contributed by atoms with van der Waals surface area (Å²) in [6.07, 6.45) is 30.4. The number of allylic oxidation sites excluding steroid dienone is 9. The number of aliphatic hydroxyl groups excluding tert-OH is 2. The molecule has 3 unspecified atom stereocenters. The summed E-state index contributed by atoms with van der Waals surface area (Å²) in [5, 5.41) is 22.7. The average Bonchev–Trinajstić information content (AvgIpc) is 2.83. The predicted octanol–water partition coefficient (Wildman–Crippen LogP) is 4.81. The molecule has 5 heteroatoms. The van der Waals surface area contributed by atoms with Gasteiger partial charge in [0.1, 0.15) is 6.23 Å². The van der Waals surface area contributed by atoms with Crippen LogP contribution < -0.4 is 5.32 Å². The molecule has 0 saturated heterocycles. The van der Waals surface area contributed by atoms with E-state index in [4.69, 9.17) is 10.1 Å². The molecule has 172 valence electrons. The maximum Gasteiger partial charge on any atom is 0.111 e. The van der Waals surface area contributed by atoms with Gasteiger partial charge in [-0.1, -0.05) is 73.8 Å². The highest BCUT2D eigenvalue weighted by molar-refractivity contribution is 5.67. The van der Waals surface area contributed by atoms with Gasteiger partial charge >= 0.3 is 0 Å². The molecule has 32 heavy (non-hydrogen) atoms. The van der Waals surface area contributed by atoms with E-state index in [1.807, 2.05) is 42.8 Å². The first-order valence-corrected chi connectivity index (χ1v) is 11.5. The lowest BCUT2D eigenvalue weighted by Crippen LogP contribution is -2.36. The lowest BCUT2D eigenvalue weighted by Gasteiger charge is -2.23. The van der Waals surface area contributed by atoms with Crippen LogP contribution in [0.5, 0.6) is 0 Å². The minimum absolute atomic E-state index is 0.0647. The van der Waals surface area contributed by atoms with Gasteiger partial charge in [-0.3, -0.25) is 15.3 Å². The molecular weight excluding hydrogens is 398 g/mol. The zero-order valence-corrected chi connectivity index (χ0v) is 18.9.